The van der Waals surface area contributed by atoms with E-state index in [9.17, 15) is 27.9 Å². The first-order valence-corrected chi connectivity index (χ1v) is 7.50. The average Bonchev–Trinajstić information content (AvgIpc) is 2.44. The highest BCUT2D eigenvalue weighted by Gasteiger charge is 2.31. The lowest BCUT2D eigenvalue weighted by molar-refractivity contribution is -0.138. The summed E-state index contributed by atoms with van der Waals surface area (Å²) in [6.45, 7) is -0.672. The summed E-state index contributed by atoms with van der Waals surface area (Å²) >= 11 is 8.97. The number of halogens is 5. The van der Waals surface area contributed by atoms with Crippen LogP contribution in [0.1, 0.15) is 5.56 Å². The molecule has 0 bridgehead atoms. The number of amides is 1. The van der Waals surface area contributed by atoms with Crippen molar-refractivity contribution in [3.63, 3.8) is 0 Å². The summed E-state index contributed by atoms with van der Waals surface area (Å²) in [5.74, 6) is -1.16. The van der Waals surface area contributed by atoms with E-state index >= 15 is 0 Å². The Bertz CT molecular complexity index is 829. The predicted octanol–water partition coefficient (Wildman–Crippen LogP) is 3.63. The maximum Gasteiger partial charge on any atom is 0.417 e. The molecule has 1 aromatic carbocycles. The number of phenols is 1. The fraction of sp³-hybridized carbons (Fsp3) is 0.143. The van der Waals surface area contributed by atoms with Crippen LogP contribution in [0, 0.1) is 0 Å². The van der Waals surface area contributed by atoms with Gasteiger partial charge in [-0.05, 0) is 18.2 Å². The van der Waals surface area contributed by atoms with Gasteiger partial charge in [-0.15, -0.1) is 0 Å². The van der Waals surface area contributed by atoms with Crippen LogP contribution in [0.2, 0.25) is 5.02 Å². The first kappa shape index (κ1) is 18.3. The summed E-state index contributed by atoms with van der Waals surface area (Å²) in [5.41, 5.74) is -1.94. The van der Waals surface area contributed by atoms with E-state index in [0.29, 0.717) is 21.3 Å². The number of pyridine rings is 1. The Morgan fingerprint density at radius 3 is 2.58 bits per heavy atom. The highest BCUT2D eigenvalue weighted by Crippen LogP contribution is 2.35. The first-order valence-electron chi connectivity index (χ1n) is 6.33. The second kappa shape index (κ2) is 6.86. The molecule has 0 fully saturated rings. The molecule has 5 nitrogen and oxygen atoms in total. The van der Waals surface area contributed by atoms with Gasteiger partial charge in [-0.25, -0.2) is 0 Å². The van der Waals surface area contributed by atoms with Crippen molar-refractivity contribution in [1.29, 1.82) is 0 Å². The first-order chi connectivity index (χ1) is 11.1. The monoisotopic (exact) mass is 424 g/mol. The van der Waals surface area contributed by atoms with Crippen LogP contribution in [0.15, 0.2) is 39.7 Å². The van der Waals surface area contributed by atoms with Gasteiger partial charge in [0, 0.05) is 16.7 Å². The summed E-state index contributed by atoms with van der Waals surface area (Å²) in [6, 6.07) is 4.04. The summed E-state index contributed by atoms with van der Waals surface area (Å²) < 4.78 is 39.1. The SMILES string of the molecule is O=C(Cn1cc(C(F)(F)F)ccc1=O)Nc1c(O)cc(Br)cc1Cl. The Hall–Kier alpha value is -2.00. The van der Waals surface area contributed by atoms with Crippen molar-refractivity contribution in [1.82, 2.24) is 4.57 Å². The second-order valence-electron chi connectivity index (χ2n) is 4.71. The van der Waals surface area contributed by atoms with Crippen LogP contribution >= 0.6 is 27.5 Å². The lowest BCUT2D eigenvalue weighted by atomic mass is 10.2. The number of anilines is 1. The largest absolute Gasteiger partial charge is 0.506 e. The quantitative estimate of drug-likeness (QED) is 0.738. The summed E-state index contributed by atoms with van der Waals surface area (Å²) in [4.78, 5) is 23.5. The maximum absolute atomic E-state index is 12.7. The van der Waals surface area contributed by atoms with E-state index in [2.05, 4.69) is 21.2 Å². The van der Waals surface area contributed by atoms with Gasteiger partial charge in [0.15, 0.2) is 0 Å². The van der Waals surface area contributed by atoms with E-state index in [1.165, 1.54) is 12.1 Å². The van der Waals surface area contributed by atoms with Crippen molar-refractivity contribution in [2.75, 3.05) is 5.32 Å². The Labute approximate surface area is 146 Å². The minimum atomic E-state index is -4.64. The summed E-state index contributed by atoms with van der Waals surface area (Å²) in [5, 5.41) is 12.0. The molecule has 0 aliphatic heterocycles. The van der Waals surface area contributed by atoms with Gasteiger partial charge in [0.2, 0.25) is 5.91 Å². The lowest BCUT2D eigenvalue weighted by Gasteiger charge is -2.12. The molecule has 24 heavy (non-hydrogen) atoms. The van der Waals surface area contributed by atoms with E-state index in [0.717, 1.165) is 6.07 Å². The number of aromatic hydroxyl groups is 1. The zero-order chi connectivity index (χ0) is 18.1. The molecular formula is C14H9BrClF3N2O3. The van der Waals surface area contributed by atoms with Gasteiger partial charge in [0.05, 0.1) is 10.6 Å². The normalized spacial score (nSPS) is 11.4. The van der Waals surface area contributed by atoms with Crippen LogP contribution in [-0.4, -0.2) is 15.6 Å². The van der Waals surface area contributed by atoms with Crippen LogP contribution in [0.5, 0.6) is 5.75 Å². The van der Waals surface area contributed by atoms with Gasteiger partial charge in [0.1, 0.15) is 18.0 Å². The molecular weight excluding hydrogens is 417 g/mol. The molecule has 0 spiro atoms. The minimum absolute atomic E-state index is 0.0200. The van der Waals surface area contributed by atoms with Crippen LogP contribution < -0.4 is 10.9 Å². The highest BCUT2D eigenvalue weighted by molar-refractivity contribution is 9.10. The molecule has 10 heteroatoms. The fourth-order valence-corrected chi connectivity index (χ4v) is 2.68. The lowest BCUT2D eigenvalue weighted by Crippen LogP contribution is -2.28. The molecule has 0 atom stereocenters. The molecule has 1 heterocycles. The highest BCUT2D eigenvalue weighted by atomic mass is 79.9. The van der Waals surface area contributed by atoms with Crippen molar-refractivity contribution < 1.29 is 23.1 Å². The third-order valence-corrected chi connectivity index (χ3v) is 3.68. The Kier molecular flexibility index (Phi) is 5.24. The average molecular weight is 426 g/mol. The maximum atomic E-state index is 12.7. The van der Waals surface area contributed by atoms with Crippen molar-refractivity contribution in [3.05, 3.63) is 55.9 Å². The molecule has 128 valence electrons. The Morgan fingerprint density at radius 2 is 2.00 bits per heavy atom. The molecule has 1 aromatic heterocycles. The number of phenolic OH excluding ortho intramolecular Hbond substituents is 1. The van der Waals surface area contributed by atoms with Gasteiger partial charge in [0.25, 0.3) is 5.56 Å². The summed E-state index contributed by atoms with van der Waals surface area (Å²) in [6.07, 6.45) is -4.09. The van der Waals surface area contributed by atoms with Crippen molar-refractivity contribution >= 4 is 39.1 Å². The number of hydrogen-bond donors (Lipinski definition) is 2. The van der Waals surface area contributed by atoms with Crippen LogP contribution in [0.4, 0.5) is 18.9 Å². The molecule has 0 radical (unpaired) electrons. The number of benzene rings is 1. The molecule has 0 saturated carbocycles. The third kappa shape index (κ3) is 4.30. The number of nitrogens with one attached hydrogen (secondary N) is 1. The van der Waals surface area contributed by atoms with Gasteiger partial charge >= 0.3 is 6.18 Å². The fourth-order valence-electron chi connectivity index (χ4n) is 1.84. The standard InChI is InChI=1S/C14H9BrClF3N2O3/c15-8-3-9(16)13(10(22)4-8)20-11(23)6-21-5-7(14(17,18)19)1-2-12(21)24/h1-5,22H,6H2,(H,20,23). The predicted molar refractivity (Wildman–Crippen MR) is 85.2 cm³/mol. The van der Waals surface area contributed by atoms with Crippen LogP contribution in [0.3, 0.4) is 0 Å². The van der Waals surface area contributed by atoms with E-state index in [1.54, 1.807) is 0 Å². The number of rotatable bonds is 3. The van der Waals surface area contributed by atoms with Gasteiger partial charge in [-0.3, -0.25) is 9.59 Å². The van der Waals surface area contributed by atoms with E-state index < -0.39 is 29.8 Å². The van der Waals surface area contributed by atoms with Gasteiger partial charge in [-0.2, -0.15) is 13.2 Å². The topological polar surface area (TPSA) is 71.3 Å². The zero-order valence-corrected chi connectivity index (χ0v) is 14.0. The molecule has 2 N–H and O–H groups in total. The smallest absolute Gasteiger partial charge is 0.417 e. The Morgan fingerprint density at radius 1 is 1.33 bits per heavy atom. The molecule has 2 aromatic rings. The molecule has 1 amide bonds. The second-order valence-corrected chi connectivity index (χ2v) is 6.03. The molecule has 2 rings (SSSR count). The molecule has 0 aliphatic carbocycles. The van der Waals surface area contributed by atoms with Gasteiger partial charge < -0.3 is 15.0 Å². The van der Waals surface area contributed by atoms with Gasteiger partial charge in [-0.1, -0.05) is 27.5 Å². The van der Waals surface area contributed by atoms with E-state index in [4.69, 9.17) is 11.6 Å². The molecule has 0 unspecified atom stereocenters. The number of nitrogens with zero attached hydrogens (tertiary/aromatic N) is 1. The number of hydrogen-bond acceptors (Lipinski definition) is 3. The zero-order valence-electron chi connectivity index (χ0n) is 11.7. The van der Waals surface area contributed by atoms with Crippen molar-refractivity contribution in [2.24, 2.45) is 0 Å². The Balaban J connectivity index is 2.24. The molecule has 0 aliphatic rings. The van der Waals surface area contributed by atoms with Crippen molar-refractivity contribution in [2.45, 2.75) is 12.7 Å². The van der Waals surface area contributed by atoms with Crippen molar-refractivity contribution in [3.8, 4) is 5.75 Å². The van der Waals surface area contributed by atoms with Crippen LogP contribution in [-0.2, 0) is 17.5 Å². The number of carbonyl (C=O) groups excluding carboxylic acids is 1. The van der Waals surface area contributed by atoms with E-state index in [-0.39, 0.29) is 16.5 Å². The number of carbonyl (C=O) groups is 1. The minimum Gasteiger partial charge on any atom is -0.506 e. The molecule has 0 saturated heterocycles. The van der Waals surface area contributed by atoms with E-state index in [1.807, 2.05) is 0 Å². The number of alkyl halides is 3. The third-order valence-electron chi connectivity index (χ3n) is 2.92. The number of aromatic nitrogens is 1. The van der Waals surface area contributed by atoms with Crippen LogP contribution in [0.25, 0.3) is 0 Å². The summed E-state index contributed by atoms with van der Waals surface area (Å²) in [7, 11) is 0.